The standard InChI is InChI=1S/C17H21N5O.HI/c1-11-9-13(21-12(2)20-11)10-19-17(18)22-15-7-8-23-16-6-4-3-5-14(15)16;/h3-6,9,15H,7-8,10H2,1-2H3,(H3,18,19,22);1H. The molecular weight excluding hydrogens is 417 g/mol. The van der Waals surface area contributed by atoms with E-state index in [-0.39, 0.29) is 30.0 Å². The number of guanidine groups is 1. The Morgan fingerprint density at radius 3 is 2.92 bits per heavy atom. The lowest BCUT2D eigenvalue weighted by Crippen LogP contribution is -2.37. The summed E-state index contributed by atoms with van der Waals surface area (Å²) < 4.78 is 5.65. The van der Waals surface area contributed by atoms with Crippen LogP contribution in [0.3, 0.4) is 0 Å². The molecule has 0 spiro atoms. The number of ether oxygens (including phenoxy) is 1. The van der Waals surface area contributed by atoms with Gasteiger partial charge in [0.15, 0.2) is 5.96 Å². The second-order valence-electron chi connectivity index (χ2n) is 5.62. The highest BCUT2D eigenvalue weighted by Gasteiger charge is 2.21. The second-order valence-corrected chi connectivity index (χ2v) is 5.62. The zero-order valence-electron chi connectivity index (χ0n) is 13.8. The lowest BCUT2D eigenvalue weighted by molar-refractivity contribution is 0.262. The fraction of sp³-hybridized carbons (Fsp3) is 0.353. The largest absolute Gasteiger partial charge is 0.493 e. The Labute approximate surface area is 159 Å². The smallest absolute Gasteiger partial charge is 0.189 e. The predicted molar refractivity (Wildman–Crippen MR) is 105 cm³/mol. The van der Waals surface area contributed by atoms with Gasteiger partial charge in [-0.25, -0.2) is 15.0 Å². The molecule has 1 aromatic heterocycles. The number of benzene rings is 1. The van der Waals surface area contributed by atoms with Gasteiger partial charge < -0.3 is 15.8 Å². The normalized spacial score (nSPS) is 16.6. The Balaban J connectivity index is 0.00000208. The van der Waals surface area contributed by atoms with Gasteiger partial charge in [0.05, 0.1) is 24.9 Å². The molecule has 0 amide bonds. The maximum Gasteiger partial charge on any atom is 0.189 e. The van der Waals surface area contributed by atoms with Crippen molar-refractivity contribution in [2.45, 2.75) is 32.9 Å². The molecule has 1 aliphatic rings. The second kappa shape index (κ2) is 8.27. The lowest BCUT2D eigenvalue weighted by Gasteiger charge is -2.26. The van der Waals surface area contributed by atoms with Crippen LogP contribution in [0.25, 0.3) is 0 Å². The van der Waals surface area contributed by atoms with E-state index in [2.05, 4.69) is 26.3 Å². The molecule has 2 aromatic rings. The Morgan fingerprint density at radius 2 is 2.12 bits per heavy atom. The van der Waals surface area contributed by atoms with Crippen LogP contribution in [0.4, 0.5) is 0 Å². The summed E-state index contributed by atoms with van der Waals surface area (Å²) in [6.45, 7) is 4.93. The summed E-state index contributed by atoms with van der Waals surface area (Å²) in [6, 6.07) is 10.0. The van der Waals surface area contributed by atoms with Gasteiger partial charge in [-0.3, -0.25) is 0 Å². The summed E-state index contributed by atoms with van der Waals surface area (Å²) in [7, 11) is 0. The number of nitrogens with two attached hydrogens (primary N) is 1. The van der Waals surface area contributed by atoms with E-state index < -0.39 is 0 Å². The van der Waals surface area contributed by atoms with E-state index in [0.717, 1.165) is 34.9 Å². The molecule has 0 saturated heterocycles. The van der Waals surface area contributed by atoms with Crippen molar-refractivity contribution >= 4 is 29.9 Å². The number of hydrogen-bond donors (Lipinski definition) is 2. The molecule has 1 unspecified atom stereocenters. The van der Waals surface area contributed by atoms with Crippen LogP contribution in [-0.4, -0.2) is 22.5 Å². The van der Waals surface area contributed by atoms with Gasteiger partial charge in [-0.2, -0.15) is 0 Å². The number of aromatic nitrogens is 2. The average Bonchev–Trinajstić information content (AvgIpc) is 2.52. The van der Waals surface area contributed by atoms with Crippen molar-refractivity contribution in [3.63, 3.8) is 0 Å². The van der Waals surface area contributed by atoms with E-state index >= 15 is 0 Å². The highest BCUT2D eigenvalue weighted by Crippen LogP contribution is 2.31. The summed E-state index contributed by atoms with van der Waals surface area (Å²) in [5.41, 5.74) is 8.96. The Kier molecular flexibility index (Phi) is 6.36. The molecule has 0 saturated carbocycles. The van der Waals surface area contributed by atoms with Crippen molar-refractivity contribution < 1.29 is 4.74 Å². The van der Waals surface area contributed by atoms with Gasteiger partial charge in [-0.15, -0.1) is 24.0 Å². The number of halogens is 1. The SMILES string of the molecule is Cc1cc(CN=C(N)NC2CCOc3ccccc32)nc(C)n1.I. The number of rotatable bonds is 3. The van der Waals surface area contributed by atoms with Gasteiger partial charge in [-0.1, -0.05) is 18.2 Å². The number of nitrogens with one attached hydrogen (secondary N) is 1. The van der Waals surface area contributed by atoms with Crippen LogP contribution in [0.2, 0.25) is 0 Å². The molecule has 3 rings (SSSR count). The third kappa shape index (κ3) is 4.56. The Bertz CT molecular complexity index is 714. The predicted octanol–water partition coefficient (Wildman–Crippen LogP) is 2.64. The molecule has 1 aromatic carbocycles. The fourth-order valence-corrected chi connectivity index (χ4v) is 2.76. The van der Waals surface area contributed by atoms with Crippen LogP contribution in [0, 0.1) is 13.8 Å². The molecule has 0 aliphatic carbocycles. The van der Waals surface area contributed by atoms with Crippen LogP contribution in [-0.2, 0) is 6.54 Å². The minimum Gasteiger partial charge on any atom is -0.493 e. The maximum absolute atomic E-state index is 6.04. The molecule has 128 valence electrons. The number of hydrogen-bond acceptors (Lipinski definition) is 4. The maximum atomic E-state index is 6.04. The van der Waals surface area contributed by atoms with Crippen LogP contribution >= 0.6 is 24.0 Å². The zero-order chi connectivity index (χ0) is 16.2. The first kappa shape index (κ1) is 18.4. The highest BCUT2D eigenvalue weighted by molar-refractivity contribution is 14.0. The topological polar surface area (TPSA) is 85.4 Å². The quantitative estimate of drug-likeness (QED) is 0.437. The van der Waals surface area contributed by atoms with E-state index in [4.69, 9.17) is 10.5 Å². The molecule has 3 N–H and O–H groups in total. The van der Waals surface area contributed by atoms with Crippen molar-refractivity contribution in [1.82, 2.24) is 15.3 Å². The van der Waals surface area contributed by atoms with Crippen LogP contribution < -0.4 is 15.8 Å². The van der Waals surface area contributed by atoms with Crippen molar-refractivity contribution in [1.29, 1.82) is 0 Å². The molecule has 2 heterocycles. The van der Waals surface area contributed by atoms with Gasteiger partial charge in [0.2, 0.25) is 0 Å². The molecule has 0 bridgehead atoms. The monoisotopic (exact) mass is 439 g/mol. The molecule has 7 heteroatoms. The van der Waals surface area contributed by atoms with Crippen LogP contribution in [0.1, 0.15) is 35.2 Å². The zero-order valence-corrected chi connectivity index (χ0v) is 16.2. The fourth-order valence-electron chi connectivity index (χ4n) is 2.76. The van der Waals surface area contributed by atoms with E-state index in [1.807, 2.05) is 38.1 Å². The molecule has 6 nitrogen and oxygen atoms in total. The molecule has 24 heavy (non-hydrogen) atoms. The number of para-hydroxylation sites is 1. The summed E-state index contributed by atoms with van der Waals surface area (Å²) >= 11 is 0. The third-order valence-electron chi connectivity index (χ3n) is 3.71. The van der Waals surface area contributed by atoms with Crippen molar-refractivity contribution in [2.24, 2.45) is 10.7 Å². The van der Waals surface area contributed by atoms with Gasteiger partial charge in [-0.05, 0) is 26.0 Å². The van der Waals surface area contributed by atoms with Crippen molar-refractivity contribution in [3.05, 3.63) is 53.1 Å². The van der Waals surface area contributed by atoms with Gasteiger partial charge in [0, 0.05) is 17.7 Å². The number of aryl methyl sites for hydroxylation is 2. The highest BCUT2D eigenvalue weighted by atomic mass is 127. The van der Waals surface area contributed by atoms with Crippen molar-refractivity contribution in [2.75, 3.05) is 6.61 Å². The van der Waals surface area contributed by atoms with Gasteiger partial charge in [0.25, 0.3) is 0 Å². The molecular formula is C17H22IN5O. The summed E-state index contributed by atoms with van der Waals surface area (Å²) in [5.74, 6) is 2.08. The first-order valence-electron chi connectivity index (χ1n) is 7.71. The van der Waals surface area contributed by atoms with Gasteiger partial charge in [0.1, 0.15) is 11.6 Å². The number of fused-ring (bicyclic) bond motifs is 1. The summed E-state index contributed by atoms with van der Waals surface area (Å²) in [6.07, 6.45) is 0.860. The van der Waals surface area contributed by atoms with Crippen LogP contribution in [0.15, 0.2) is 35.3 Å². The summed E-state index contributed by atoms with van der Waals surface area (Å²) in [4.78, 5) is 13.0. The molecule has 0 radical (unpaired) electrons. The van der Waals surface area contributed by atoms with E-state index in [1.165, 1.54) is 0 Å². The molecule has 1 atom stereocenters. The minimum atomic E-state index is 0. The summed E-state index contributed by atoms with van der Waals surface area (Å²) in [5, 5.41) is 3.28. The number of nitrogens with zero attached hydrogens (tertiary/aromatic N) is 3. The van der Waals surface area contributed by atoms with E-state index in [9.17, 15) is 0 Å². The first-order chi connectivity index (χ1) is 11.1. The molecule has 1 aliphatic heterocycles. The third-order valence-corrected chi connectivity index (χ3v) is 3.71. The van der Waals surface area contributed by atoms with E-state index in [0.29, 0.717) is 19.1 Å². The Morgan fingerprint density at radius 1 is 1.33 bits per heavy atom. The van der Waals surface area contributed by atoms with Crippen LogP contribution in [0.5, 0.6) is 5.75 Å². The average molecular weight is 439 g/mol. The Hall–Kier alpha value is -1.90. The van der Waals surface area contributed by atoms with Gasteiger partial charge >= 0.3 is 0 Å². The minimum absolute atomic E-state index is 0. The lowest BCUT2D eigenvalue weighted by atomic mass is 10.0. The number of aliphatic imine (C=N–C) groups is 1. The molecule has 0 fully saturated rings. The first-order valence-corrected chi connectivity index (χ1v) is 7.71. The van der Waals surface area contributed by atoms with E-state index in [1.54, 1.807) is 0 Å². The van der Waals surface area contributed by atoms with Crippen molar-refractivity contribution in [3.8, 4) is 5.75 Å².